The lowest BCUT2D eigenvalue weighted by Gasteiger charge is -2.18. The quantitative estimate of drug-likeness (QED) is 0.698. The minimum absolute atomic E-state index is 0.105. The van der Waals surface area contributed by atoms with Crippen LogP contribution in [0.1, 0.15) is 25.7 Å². The van der Waals surface area contributed by atoms with Crippen LogP contribution in [0.4, 0.5) is 4.79 Å². The van der Waals surface area contributed by atoms with Crippen molar-refractivity contribution < 1.29 is 19.4 Å². The first-order valence-corrected chi connectivity index (χ1v) is 5.40. The molecule has 90 valence electrons. The number of amides is 1. The summed E-state index contributed by atoms with van der Waals surface area (Å²) in [5.41, 5.74) is 0. The minimum atomic E-state index is -1.08. The van der Waals surface area contributed by atoms with Gasteiger partial charge in [-0.05, 0) is 31.6 Å². The molecule has 0 aliphatic heterocycles. The van der Waals surface area contributed by atoms with Crippen LogP contribution >= 0.6 is 0 Å². The van der Waals surface area contributed by atoms with Gasteiger partial charge < -0.3 is 15.2 Å². The Morgan fingerprint density at radius 1 is 1.50 bits per heavy atom. The SMILES string of the molecule is C=CC[C@@H]1CCCC1OC(=O)NCC(=O)O. The lowest BCUT2D eigenvalue weighted by atomic mass is 10.0. The van der Waals surface area contributed by atoms with Crippen molar-refractivity contribution in [2.45, 2.75) is 31.8 Å². The summed E-state index contributed by atoms with van der Waals surface area (Å²) in [6.07, 6.45) is 4.81. The van der Waals surface area contributed by atoms with Crippen molar-refractivity contribution in [2.24, 2.45) is 5.92 Å². The Hall–Kier alpha value is -1.52. The molecular formula is C11H17NO4. The van der Waals surface area contributed by atoms with Crippen LogP contribution in [0.3, 0.4) is 0 Å². The van der Waals surface area contributed by atoms with E-state index in [1.807, 2.05) is 6.08 Å². The molecule has 5 heteroatoms. The normalized spacial score (nSPS) is 23.8. The van der Waals surface area contributed by atoms with Gasteiger partial charge in [0.2, 0.25) is 0 Å². The number of rotatable bonds is 5. The molecule has 5 nitrogen and oxygen atoms in total. The third-order valence-corrected chi connectivity index (χ3v) is 2.70. The van der Waals surface area contributed by atoms with Crippen LogP contribution in [0.25, 0.3) is 0 Å². The maximum absolute atomic E-state index is 11.2. The monoisotopic (exact) mass is 227 g/mol. The molecule has 0 radical (unpaired) electrons. The molecule has 0 aromatic heterocycles. The molecule has 16 heavy (non-hydrogen) atoms. The van der Waals surface area contributed by atoms with Crippen LogP contribution in [0.2, 0.25) is 0 Å². The van der Waals surface area contributed by atoms with Gasteiger partial charge in [0.1, 0.15) is 12.6 Å². The zero-order chi connectivity index (χ0) is 12.0. The van der Waals surface area contributed by atoms with Crippen LogP contribution < -0.4 is 5.32 Å². The molecule has 2 atom stereocenters. The molecule has 0 bridgehead atoms. The van der Waals surface area contributed by atoms with Crippen LogP contribution in [0, 0.1) is 5.92 Å². The summed E-state index contributed by atoms with van der Waals surface area (Å²) in [6.45, 7) is 3.26. The van der Waals surface area contributed by atoms with Gasteiger partial charge in [-0.15, -0.1) is 6.58 Å². The van der Waals surface area contributed by atoms with E-state index in [4.69, 9.17) is 9.84 Å². The second kappa shape index (κ2) is 6.15. The molecule has 0 spiro atoms. The fourth-order valence-electron chi connectivity index (χ4n) is 1.97. The highest BCUT2D eigenvalue weighted by Gasteiger charge is 2.29. The van der Waals surface area contributed by atoms with Gasteiger partial charge in [0.25, 0.3) is 0 Å². The molecule has 1 unspecified atom stereocenters. The minimum Gasteiger partial charge on any atom is -0.480 e. The zero-order valence-corrected chi connectivity index (χ0v) is 9.15. The molecular weight excluding hydrogens is 210 g/mol. The van der Waals surface area contributed by atoms with Gasteiger partial charge in [0, 0.05) is 0 Å². The highest BCUT2D eigenvalue weighted by atomic mass is 16.6. The number of hydrogen-bond acceptors (Lipinski definition) is 3. The van der Waals surface area contributed by atoms with Crippen molar-refractivity contribution in [1.82, 2.24) is 5.32 Å². The third-order valence-electron chi connectivity index (χ3n) is 2.70. The number of ether oxygens (including phenoxy) is 1. The predicted octanol–water partition coefficient (Wildman–Crippen LogP) is 1.54. The summed E-state index contributed by atoms with van der Waals surface area (Å²) in [5, 5.41) is 10.6. The van der Waals surface area contributed by atoms with E-state index in [0.29, 0.717) is 5.92 Å². The smallest absolute Gasteiger partial charge is 0.407 e. The van der Waals surface area contributed by atoms with Crippen molar-refractivity contribution in [3.63, 3.8) is 0 Å². The standard InChI is InChI=1S/C11H17NO4/c1-2-4-8-5-3-6-9(8)16-11(15)12-7-10(13)14/h2,8-9H,1,3-7H2,(H,12,15)(H,13,14)/t8-,9?/m1/s1. The summed E-state index contributed by atoms with van der Waals surface area (Å²) in [5.74, 6) is -0.751. The fourth-order valence-corrected chi connectivity index (χ4v) is 1.97. The van der Waals surface area contributed by atoms with E-state index in [1.54, 1.807) is 0 Å². The van der Waals surface area contributed by atoms with Crippen molar-refractivity contribution in [3.05, 3.63) is 12.7 Å². The number of aliphatic carboxylic acids is 1. The van der Waals surface area contributed by atoms with E-state index in [0.717, 1.165) is 25.7 Å². The first-order chi connectivity index (χ1) is 7.63. The van der Waals surface area contributed by atoms with E-state index >= 15 is 0 Å². The largest absolute Gasteiger partial charge is 0.480 e. The number of carbonyl (C=O) groups excluding carboxylic acids is 1. The molecule has 1 aliphatic rings. The highest BCUT2D eigenvalue weighted by Crippen LogP contribution is 2.30. The van der Waals surface area contributed by atoms with Crippen molar-refractivity contribution in [2.75, 3.05) is 6.54 Å². The van der Waals surface area contributed by atoms with E-state index in [9.17, 15) is 9.59 Å². The maximum atomic E-state index is 11.2. The van der Waals surface area contributed by atoms with Gasteiger partial charge in [0.05, 0.1) is 0 Å². The number of carboxylic acid groups (broad SMARTS) is 1. The van der Waals surface area contributed by atoms with Gasteiger partial charge in [-0.3, -0.25) is 4.79 Å². The highest BCUT2D eigenvalue weighted by molar-refractivity contribution is 5.76. The zero-order valence-electron chi connectivity index (χ0n) is 9.15. The molecule has 1 rings (SSSR count). The Balaban J connectivity index is 2.31. The number of alkyl carbamates (subject to hydrolysis) is 1. The topological polar surface area (TPSA) is 75.6 Å². The number of nitrogens with one attached hydrogen (secondary N) is 1. The Kier molecular flexibility index (Phi) is 4.82. The second-order valence-corrected chi connectivity index (χ2v) is 3.91. The molecule has 0 aromatic rings. The van der Waals surface area contributed by atoms with Crippen molar-refractivity contribution in [3.8, 4) is 0 Å². The molecule has 2 N–H and O–H groups in total. The number of allylic oxidation sites excluding steroid dienone is 1. The first-order valence-electron chi connectivity index (χ1n) is 5.40. The van der Waals surface area contributed by atoms with E-state index in [-0.39, 0.29) is 6.10 Å². The van der Waals surface area contributed by atoms with E-state index in [2.05, 4.69) is 11.9 Å². The molecule has 1 aliphatic carbocycles. The molecule has 1 amide bonds. The first kappa shape index (κ1) is 12.5. The predicted molar refractivity (Wildman–Crippen MR) is 58.1 cm³/mol. The third kappa shape index (κ3) is 3.92. The molecule has 0 aromatic carbocycles. The fraction of sp³-hybridized carbons (Fsp3) is 0.636. The van der Waals surface area contributed by atoms with E-state index in [1.165, 1.54) is 0 Å². The average molecular weight is 227 g/mol. The number of hydrogen-bond donors (Lipinski definition) is 2. The van der Waals surface area contributed by atoms with Gasteiger partial charge in [-0.2, -0.15) is 0 Å². The number of carboxylic acids is 1. The van der Waals surface area contributed by atoms with E-state index < -0.39 is 18.6 Å². The summed E-state index contributed by atoms with van der Waals surface area (Å²) < 4.78 is 5.17. The molecule has 0 saturated heterocycles. The van der Waals surface area contributed by atoms with Crippen LogP contribution in [0.15, 0.2) is 12.7 Å². The van der Waals surface area contributed by atoms with Crippen LogP contribution in [-0.4, -0.2) is 29.8 Å². The molecule has 0 heterocycles. The van der Waals surface area contributed by atoms with Crippen molar-refractivity contribution >= 4 is 12.1 Å². The van der Waals surface area contributed by atoms with Gasteiger partial charge in [-0.25, -0.2) is 4.79 Å². The summed E-state index contributed by atoms with van der Waals surface area (Å²) in [4.78, 5) is 21.5. The van der Waals surface area contributed by atoms with Gasteiger partial charge >= 0.3 is 12.1 Å². The maximum Gasteiger partial charge on any atom is 0.407 e. The Morgan fingerprint density at radius 3 is 2.88 bits per heavy atom. The van der Waals surface area contributed by atoms with Crippen molar-refractivity contribution in [1.29, 1.82) is 0 Å². The van der Waals surface area contributed by atoms with Crippen LogP contribution in [-0.2, 0) is 9.53 Å². The average Bonchev–Trinajstić information content (AvgIpc) is 2.63. The van der Waals surface area contributed by atoms with Gasteiger partial charge in [0.15, 0.2) is 0 Å². The Morgan fingerprint density at radius 2 is 2.25 bits per heavy atom. The van der Waals surface area contributed by atoms with Crippen LogP contribution in [0.5, 0.6) is 0 Å². The van der Waals surface area contributed by atoms with Gasteiger partial charge in [-0.1, -0.05) is 6.08 Å². The lowest BCUT2D eigenvalue weighted by Crippen LogP contribution is -2.33. The molecule has 1 fully saturated rings. The second-order valence-electron chi connectivity index (χ2n) is 3.91. The molecule has 1 saturated carbocycles. The summed E-state index contributed by atoms with van der Waals surface area (Å²) in [7, 11) is 0. The summed E-state index contributed by atoms with van der Waals surface area (Å²) >= 11 is 0. The number of carbonyl (C=O) groups is 2. The summed E-state index contributed by atoms with van der Waals surface area (Å²) in [6, 6.07) is 0. The lowest BCUT2D eigenvalue weighted by molar-refractivity contribution is -0.135. The Bertz CT molecular complexity index is 277. The Labute approximate surface area is 94.5 Å².